The van der Waals surface area contributed by atoms with Crippen molar-refractivity contribution in [2.75, 3.05) is 0 Å². The van der Waals surface area contributed by atoms with Crippen LogP contribution in [0.2, 0.25) is 0 Å². The molecule has 0 aliphatic carbocycles. The molecule has 0 heterocycles. The number of hydrogen-bond donors (Lipinski definition) is 0. The molecule has 0 amide bonds. The normalized spacial score (nSPS) is 9.90. The third kappa shape index (κ3) is 6.16. The molecule has 2 aromatic carbocycles. The Labute approximate surface area is 132 Å². The van der Waals surface area contributed by atoms with Gasteiger partial charge in [0.1, 0.15) is 0 Å². The number of aryl methyl sites for hydroxylation is 1. The molecule has 0 radical (unpaired) electrons. The molecule has 0 N–H and O–H groups in total. The maximum atomic E-state index is 2.24. The molecule has 2 aromatic rings. The minimum atomic E-state index is 0.228. The van der Waals surface area contributed by atoms with Gasteiger partial charge < -0.3 is 0 Å². The molecule has 0 aliphatic rings. The maximum absolute atomic E-state index is 2.24. The first-order chi connectivity index (χ1) is 9.97. The van der Waals surface area contributed by atoms with Crippen LogP contribution in [0.5, 0.6) is 0 Å². The van der Waals surface area contributed by atoms with Crippen LogP contribution >= 0.6 is 0 Å². The molecule has 0 aliphatic heterocycles. The standard InChI is InChI=1S/C17H20.2C2H6/c1-13-5-7-14(8-6-13)15-9-11-16(12-10-15)17(2,3)4;2*1-2/h5-12H,1-4H3;2*1-2H3. The van der Waals surface area contributed by atoms with E-state index < -0.39 is 0 Å². The molecule has 2 rings (SSSR count). The summed E-state index contributed by atoms with van der Waals surface area (Å²) in [5, 5.41) is 0. The van der Waals surface area contributed by atoms with Gasteiger partial charge in [-0.2, -0.15) is 0 Å². The lowest BCUT2D eigenvalue weighted by molar-refractivity contribution is 0.590. The van der Waals surface area contributed by atoms with Crippen molar-refractivity contribution in [2.45, 2.75) is 60.8 Å². The minimum absolute atomic E-state index is 0.228. The van der Waals surface area contributed by atoms with Gasteiger partial charge >= 0.3 is 0 Å². The molecule has 0 aromatic heterocycles. The lowest BCUT2D eigenvalue weighted by Crippen LogP contribution is -2.10. The van der Waals surface area contributed by atoms with Crippen molar-refractivity contribution >= 4 is 0 Å². The van der Waals surface area contributed by atoms with Crippen molar-refractivity contribution in [1.82, 2.24) is 0 Å². The molecule has 0 heteroatoms. The van der Waals surface area contributed by atoms with Gasteiger partial charge in [0, 0.05) is 0 Å². The monoisotopic (exact) mass is 284 g/mol. The van der Waals surface area contributed by atoms with E-state index in [2.05, 4.69) is 76.2 Å². The van der Waals surface area contributed by atoms with E-state index in [1.165, 1.54) is 22.3 Å². The Morgan fingerprint density at radius 2 is 0.905 bits per heavy atom. The predicted molar refractivity (Wildman–Crippen MR) is 98.0 cm³/mol. The quantitative estimate of drug-likeness (QED) is 0.528. The Morgan fingerprint density at radius 1 is 0.571 bits per heavy atom. The van der Waals surface area contributed by atoms with Gasteiger partial charge in [0.25, 0.3) is 0 Å². The first kappa shape index (κ1) is 19.4. The first-order valence-corrected chi connectivity index (χ1v) is 8.14. The van der Waals surface area contributed by atoms with Crippen LogP contribution < -0.4 is 0 Å². The Morgan fingerprint density at radius 3 is 1.24 bits per heavy atom. The van der Waals surface area contributed by atoms with E-state index in [-0.39, 0.29) is 5.41 Å². The fourth-order valence-corrected chi connectivity index (χ4v) is 1.91. The lowest BCUT2D eigenvalue weighted by atomic mass is 9.86. The zero-order valence-corrected chi connectivity index (χ0v) is 15.1. The van der Waals surface area contributed by atoms with Crippen LogP contribution in [0.25, 0.3) is 11.1 Å². The zero-order valence-electron chi connectivity index (χ0n) is 15.1. The van der Waals surface area contributed by atoms with Crippen LogP contribution in [0, 0.1) is 6.92 Å². The van der Waals surface area contributed by atoms with Crippen molar-refractivity contribution in [3.63, 3.8) is 0 Å². The second-order valence-electron chi connectivity index (χ2n) is 5.69. The molecule has 0 bridgehead atoms. The Hall–Kier alpha value is -1.56. The highest BCUT2D eigenvalue weighted by Gasteiger charge is 2.12. The molecule has 0 saturated heterocycles. The second-order valence-corrected chi connectivity index (χ2v) is 5.69. The number of rotatable bonds is 1. The van der Waals surface area contributed by atoms with Crippen molar-refractivity contribution in [3.05, 3.63) is 59.7 Å². The highest BCUT2D eigenvalue weighted by molar-refractivity contribution is 5.64. The summed E-state index contributed by atoms with van der Waals surface area (Å²) in [7, 11) is 0. The van der Waals surface area contributed by atoms with Crippen molar-refractivity contribution < 1.29 is 0 Å². The summed E-state index contributed by atoms with van der Waals surface area (Å²) in [6, 6.07) is 17.6. The summed E-state index contributed by atoms with van der Waals surface area (Å²) < 4.78 is 0. The van der Waals surface area contributed by atoms with E-state index >= 15 is 0 Å². The lowest BCUT2D eigenvalue weighted by Gasteiger charge is -2.19. The van der Waals surface area contributed by atoms with Gasteiger partial charge in [-0.15, -0.1) is 0 Å². The van der Waals surface area contributed by atoms with Gasteiger partial charge in [-0.25, -0.2) is 0 Å². The average Bonchev–Trinajstić information content (AvgIpc) is 2.51. The van der Waals surface area contributed by atoms with E-state index in [1.54, 1.807) is 0 Å². The van der Waals surface area contributed by atoms with Crippen molar-refractivity contribution in [3.8, 4) is 11.1 Å². The van der Waals surface area contributed by atoms with Gasteiger partial charge in [0.05, 0.1) is 0 Å². The largest absolute Gasteiger partial charge is 0.0683 e. The molecule has 0 nitrogen and oxygen atoms in total. The number of hydrogen-bond acceptors (Lipinski definition) is 0. The molecular weight excluding hydrogens is 252 g/mol. The Bertz CT molecular complexity index is 481. The molecular formula is C21H32. The van der Waals surface area contributed by atoms with Crippen LogP contribution in [-0.2, 0) is 5.41 Å². The highest BCUT2D eigenvalue weighted by atomic mass is 14.2. The Balaban J connectivity index is 0.000000921. The predicted octanol–water partition coefficient (Wildman–Crippen LogP) is 7.01. The van der Waals surface area contributed by atoms with Crippen LogP contribution in [-0.4, -0.2) is 0 Å². The van der Waals surface area contributed by atoms with Crippen molar-refractivity contribution in [2.24, 2.45) is 0 Å². The van der Waals surface area contributed by atoms with Gasteiger partial charge in [-0.05, 0) is 29.0 Å². The summed E-state index contributed by atoms with van der Waals surface area (Å²) in [5.41, 5.74) is 5.49. The van der Waals surface area contributed by atoms with E-state index in [4.69, 9.17) is 0 Å². The van der Waals surface area contributed by atoms with E-state index in [1.807, 2.05) is 27.7 Å². The van der Waals surface area contributed by atoms with E-state index in [0.29, 0.717) is 0 Å². The average molecular weight is 284 g/mol. The SMILES string of the molecule is CC.CC.Cc1ccc(-c2ccc(C(C)(C)C)cc2)cc1. The van der Waals surface area contributed by atoms with Crippen LogP contribution in [0.3, 0.4) is 0 Å². The molecule has 0 spiro atoms. The maximum Gasteiger partial charge on any atom is -0.0132 e. The fourth-order valence-electron chi connectivity index (χ4n) is 1.91. The Kier molecular flexibility index (Phi) is 8.69. The molecule has 0 saturated carbocycles. The molecule has 0 unspecified atom stereocenters. The highest BCUT2D eigenvalue weighted by Crippen LogP contribution is 2.26. The summed E-state index contributed by atoms with van der Waals surface area (Å²) in [6.07, 6.45) is 0. The summed E-state index contributed by atoms with van der Waals surface area (Å²) in [4.78, 5) is 0. The fraction of sp³-hybridized carbons (Fsp3) is 0.429. The van der Waals surface area contributed by atoms with Gasteiger partial charge in [-0.1, -0.05) is 103 Å². The number of benzene rings is 2. The second kappa shape index (κ2) is 9.39. The minimum Gasteiger partial charge on any atom is -0.0683 e. The summed E-state index contributed by atoms with van der Waals surface area (Å²) in [6.45, 7) is 16.8. The summed E-state index contributed by atoms with van der Waals surface area (Å²) >= 11 is 0. The third-order valence-electron chi connectivity index (χ3n) is 3.14. The topological polar surface area (TPSA) is 0 Å². The molecule has 0 fully saturated rings. The van der Waals surface area contributed by atoms with Crippen molar-refractivity contribution in [1.29, 1.82) is 0 Å². The molecule has 0 atom stereocenters. The van der Waals surface area contributed by atoms with Crippen LogP contribution in [0.1, 0.15) is 59.6 Å². The van der Waals surface area contributed by atoms with E-state index in [9.17, 15) is 0 Å². The van der Waals surface area contributed by atoms with Gasteiger partial charge in [0.2, 0.25) is 0 Å². The summed E-state index contributed by atoms with van der Waals surface area (Å²) in [5.74, 6) is 0. The molecule has 116 valence electrons. The first-order valence-electron chi connectivity index (χ1n) is 8.14. The third-order valence-corrected chi connectivity index (χ3v) is 3.14. The smallest absolute Gasteiger partial charge is 0.0132 e. The van der Waals surface area contributed by atoms with Gasteiger partial charge in [0.15, 0.2) is 0 Å². The van der Waals surface area contributed by atoms with Gasteiger partial charge in [-0.3, -0.25) is 0 Å². The zero-order chi connectivity index (χ0) is 16.5. The van der Waals surface area contributed by atoms with Crippen LogP contribution in [0.15, 0.2) is 48.5 Å². The van der Waals surface area contributed by atoms with Crippen LogP contribution in [0.4, 0.5) is 0 Å². The van der Waals surface area contributed by atoms with E-state index in [0.717, 1.165) is 0 Å². The molecule has 21 heavy (non-hydrogen) atoms.